The van der Waals surface area contributed by atoms with Crippen molar-refractivity contribution in [1.82, 2.24) is 14.0 Å². The first-order valence-corrected chi connectivity index (χ1v) is 6.30. The summed E-state index contributed by atoms with van der Waals surface area (Å²) in [6.07, 6.45) is 5.79. The Hall–Kier alpha value is -1.62. The smallest absolute Gasteiger partial charge is 0.276 e. The van der Waals surface area contributed by atoms with E-state index >= 15 is 0 Å². The highest BCUT2D eigenvalue weighted by atomic mass is 16.5. The first-order chi connectivity index (χ1) is 8.68. The Bertz CT molecular complexity index is 635. The number of aromatic nitrogens is 3. The van der Waals surface area contributed by atoms with Crippen molar-refractivity contribution in [3.63, 3.8) is 0 Å². The fourth-order valence-corrected chi connectivity index (χ4v) is 2.52. The number of rotatable bonds is 1. The molecule has 96 valence electrons. The van der Waals surface area contributed by atoms with Crippen LogP contribution in [-0.2, 0) is 11.8 Å². The normalized spacial score (nSPS) is 20.4. The summed E-state index contributed by atoms with van der Waals surface area (Å²) in [4.78, 5) is 16.5. The van der Waals surface area contributed by atoms with Gasteiger partial charge in [0.25, 0.3) is 5.56 Å². The van der Waals surface area contributed by atoms with Crippen molar-refractivity contribution in [2.45, 2.75) is 25.7 Å². The van der Waals surface area contributed by atoms with Gasteiger partial charge in [0.1, 0.15) is 11.3 Å². The van der Waals surface area contributed by atoms with Crippen LogP contribution in [0.2, 0.25) is 0 Å². The van der Waals surface area contributed by atoms with Gasteiger partial charge in [-0.15, -0.1) is 0 Å². The van der Waals surface area contributed by atoms with E-state index in [0.29, 0.717) is 18.0 Å². The van der Waals surface area contributed by atoms with Crippen LogP contribution in [0.1, 0.15) is 30.3 Å². The minimum atomic E-state index is 0.00507. The summed E-state index contributed by atoms with van der Waals surface area (Å²) in [6, 6.07) is 0. The lowest BCUT2D eigenvalue weighted by atomic mass is 10.0. The number of hydrogen-bond acceptors (Lipinski definition) is 3. The molecular formula is C13H17N3O2. The standard InChI is InChI=1S/C13H17N3O2/c1-9-7-16-11(13(17)15(9)2)6-14-12(16)10-4-3-5-18-8-10/h6-7,10H,3-5,8H2,1-2H3. The molecule has 3 heterocycles. The van der Waals surface area contributed by atoms with Crippen LogP contribution in [0, 0.1) is 6.92 Å². The lowest BCUT2D eigenvalue weighted by molar-refractivity contribution is 0.0779. The molecule has 0 radical (unpaired) electrons. The summed E-state index contributed by atoms with van der Waals surface area (Å²) in [5.41, 5.74) is 1.58. The van der Waals surface area contributed by atoms with E-state index in [1.54, 1.807) is 17.8 Å². The Morgan fingerprint density at radius 2 is 2.33 bits per heavy atom. The number of hydrogen-bond donors (Lipinski definition) is 0. The molecule has 1 unspecified atom stereocenters. The minimum absolute atomic E-state index is 0.00507. The molecular weight excluding hydrogens is 230 g/mol. The third-order valence-electron chi connectivity index (χ3n) is 3.72. The average molecular weight is 247 g/mol. The lowest BCUT2D eigenvalue weighted by Crippen LogP contribution is -2.23. The Labute approximate surface area is 105 Å². The molecule has 2 aromatic rings. The van der Waals surface area contributed by atoms with E-state index in [-0.39, 0.29) is 5.56 Å². The highest BCUT2D eigenvalue weighted by Gasteiger charge is 2.21. The van der Waals surface area contributed by atoms with Gasteiger partial charge < -0.3 is 9.30 Å². The van der Waals surface area contributed by atoms with Crippen LogP contribution < -0.4 is 5.56 Å². The van der Waals surface area contributed by atoms with Crippen molar-refractivity contribution < 1.29 is 4.74 Å². The molecule has 0 aromatic carbocycles. The van der Waals surface area contributed by atoms with E-state index in [9.17, 15) is 4.79 Å². The number of ether oxygens (including phenoxy) is 1. The Kier molecular flexibility index (Phi) is 2.70. The van der Waals surface area contributed by atoms with Gasteiger partial charge in [-0.3, -0.25) is 9.20 Å². The molecule has 5 heteroatoms. The number of fused-ring (bicyclic) bond motifs is 1. The van der Waals surface area contributed by atoms with Gasteiger partial charge in [0.15, 0.2) is 0 Å². The van der Waals surface area contributed by atoms with Gasteiger partial charge in [0, 0.05) is 31.5 Å². The van der Waals surface area contributed by atoms with E-state index < -0.39 is 0 Å². The van der Waals surface area contributed by atoms with Gasteiger partial charge in [0.2, 0.25) is 0 Å². The van der Waals surface area contributed by atoms with Gasteiger partial charge in [-0.2, -0.15) is 0 Å². The van der Waals surface area contributed by atoms with Crippen molar-refractivity contribution in [2.24, 2.45) is 7.05 Å². The van der Waals surface area contributed by atoms with Gasteiger partial charge >= 0.3 is 0 Å². The average Bonchev–Trinajstić information content (AvgIpc) is 2.81. The zero-order valence-electron chi connectivity index (χ0n) is 10.7. The largest absolute Gasteiger partial charge is 0.381 e. The van der Waals surface area contributed by atoms with E-state index in [2.05, 4.69) is 4.98 Å². The molecule has 1 fully saturated rings. The molecule has 0 amide bonds. The number of imidazole rings is 1. The molecule has 1 atom stereocenters. The van der Waals surface area contributed by atoms with Crippen LogP contribution in [0.15, 0.2) is 17.2 Å². The predicted molar refractivity (Wildman–Crippen MR) is 68.0 cm³/mol. The summed E-state index contributed by atoms with van der Waals surface area (Å²) < 4.78 is 9.08. The molecule has 0 N–H and O–H groups in total. The maximum Gasteiger partial charge on any atom is 0.276 e. The fourth-order valence-electron chi connectivity index (χ4n) is 2.52. The molecule has 1 aliphatic heterocycles. The van der Waals surface area contributed by atoms with E-state index in [1.165, 1.54) is 0 Å². The second-order valence-electron chi connectivity index (χ2n) is 4.92. The second kappa shape index (κ2) is 4.24. The molecule has 2 aromatic heterocycles. The van der Waals surface area contributed by atoms with Crippen molar-refractivity contribution in [2.75, 3.05) is 13.2 Å². The fraction of sp³-hybridized carbons (Fsp3) is 0.538. The Balaban J connectivity index is 2.17. The molecule has 18 heavy (non-hydrogen) atoms. The molecule has 0 bridgehead atoms. The molecule has 0 spiro atoms. The molecule has 3 rings (SSSR count). The summed E-state index contributed by atoms with van der Waals surface area (Å²) >= 11 is 0. The van der Waals surface area contributed by atoms with Crippen LogP contribution >= 0.6 is 0 Å². The topological polar surface area (TPSA) is 48.5 Å². The molecule has 0 saturated carbocycles. The van der Waals surface area contributed by atoms with Crippen LogP contribution in [0.4, 0.5) is 0 Å². The summed E-state index contributed by atoms with van der Waals surface area (Å²) in [5.74, 6) is 1.25. The third kappa shape index (κ3) is 1.66. The number of nitrogens with zero attached hydrogens (tertiary/aromatic N) is 3. The predicted octanol–water partition coefficient (Wildman–Crippen LogP) is 1.24. The first-order valence-electron chi connectivity index (χ1n) is 6.30. The van der Waals surface area contributed by atoms with Gasteiger partial charge in [-0.25, -0.2) is 4.98 Å². The van der Waals surface area contributed by atoms with Crippen LogP contribution in [-0.4, -0.2) is 27.2 Å². The Morgan fingerprint density at radius 3 is 3.06 bits per heavy atom. The quantitative estimate of drug-likeness (QED) is 0.761. The Morgan fingerprint density at radius 1 is 1.50 bits per heavy atom. The zero-order valence-corrected chi connectivity index (χ0v) is 10.7. The molecule has 1 aliphatic rings. The molecule has 0 aliphatic carbocycles. The summed E-state index contributed by atoms with van der Waals surface area (Å²) in [7, 11) is 1.79. The van der Waals surface area contributed by atoms with Crippen molar-refractivity contribution in [1.29, 1.82) is 0 Å². The van der Waals surface area contributed by atoms with Crippen molar-refractivity contribution >= 4 is 5.52 Å². The summed E-state index contributed by atoms with van der Waals surface area (Å²) in [6.45, 7) is 3.47. The van der Waals surface area contributed by atoms with Gasteiger partial charge in [-0.1, -0.05) is 0 Å². The molecule has 1 saturated heterocycles. The highest BCUT2D eigenvalue weighted by Crippen LogP contribution is 2.24. The van der Waals surface area contributed by atoms with E-state index in [1.807, 2.05) is 17.5 Å². The van der Waals surface area contributed by atoms with Crippen LogP contribution in [0.5, 0.6) is 0 Å². The van der Waals surface area contributed by atoms with E-state index in [4.69, 9.17) is 4.74 Å². The van der Waals surface area contributed by atoms with Gasteiger partial charge in [-0.05, 0) is 19.8 Å². The maximum absolute atomic E-state index is 12.1. The minimum Gasteiger partial charge on any atom is -0.381 e. The second-order valence-corrected chi connectivity index (χ2v) is 4.92. The summed E-state index contributed by atoms with van der Waals surface area (Å²) in [5, 5.41) is 0. The van der Waals surface area contributed by atoms with Crippen molar-refractivity contribution in [3.05, 3.63) is 34.3 Å². The SMILES string of the molecule is Cc1cn2c(C3CCCOC3)ncc2c(=O)n1C. The van der Waals surface area contributed by atoms with Gasteiger partial charge in [0.05, 0.1) is 12.8 Å². The lowest BCUT2D eigenvalue weighted by Gasteiger charge is -2.21. The monoisotopic (exact) mass is 247 g/mol. The van der Waals surface area contributed by atoms with E-state index in [0.717, 1.165) is 31.0 Å². The highest BCUT2D eigenvalue weighted by molar-refractivity contribution is 5.45. The third-order valence-corrected chi connectivity index (χ3v) is 3.72. The maximum atomic E-state index is 12.1. The molecule has 5 nitrogen and oxygen atoms in total. The van der Waals surface area contributed by atoms with Crippen LogP contribution in [0.25, 0.3) is 5.52 Å². The van der Waals surface area contributed by atoms with Crippen molar-refractivity contribution in [3.8, 4) is 0 Å². The van der Waals surface area contributed by atoms with Crippen LogP contribution in [0.3, 0.4) is 0 Å². The zero-order chi connectivity index (χ0) is 12.7. The first kappa shape index (κ1) is 11.5. The number of aryl methyl sites for hydroxylation is 1.